The molecule has 16 heavy (non-hydrogen) atoms. The zero-order valence-electron chi connectivity index (χ0n) is 9.96. The first-order valence-corrected chi connectivity index (χ1v) is 5.90. The van der Waals surface area contributed by atoms with E-state index in [4.69, 9.17) is 14.2 Å². The van der Waals surface area contributed by atoms with Crippen molar-refractivity contribution < 1.29 is 19.3 Å². The van der Waals surface area contributed by atoms with Crippen LogP contribution in [0.25, 0.3) is 0 Å². The Morgan fingerprint density at radius 1 is 1.31 bits per heavy atom. The Morgan fingerprint density at radius 2 is 2.00 bits per heavy atom. The lowest BCUT2D eigenvalue weighted by Crippen LogP contribution is -2.57. The normalized spacial score (nSPS) is 42.2. The Morgan fingerprint density at radius 3 is 2.62 bits per heavy atom. The fourth-order valence-electron chi connectivity index (χ4n) is 2.45. The van der Waals surface area contributed by atoms with E-state index in [2.05, 4.69) is 4.90 Å². The Hall–Kier alpha value is -0.200. The van der Waals surface area contributed by atoms with E-state index in [1.54, 1.807) is 7.11 Å². The molecule has 4 atom stereocenters. The highest BCUT2D eigenvalue weighted by atomic mass is 16.7. The van der Waals surface area contributed by atoms with Gasteiger partial charge in [-0.25, -0.2) is 0 Å². The molecule has 2 heterocycles. The lowest BCUT2D eigenvalue weighted by molar-refractivity contribution is -0.230. The minimum atomic E-state index is -0.440. The minimum Gasteiger partial charge on any atom is -0.389 e. The van der Waals surface area contributed by atoms with Gasteiger partial charge in [0.2, 0.25) is 0 Å². The minimum absolute atomic E-state index is 0.123. The maximum atomic E-state index is 10.1. The van der Waals surface area contributed by atoms with E-state index in [-0.39, 0.29) is 18.4 Å². The molecule has 5 heteroatoms. The van der Waals surface area contributed by atoms with Crippen LogP contribution in [0.4, 0.5) is 0 Å². The Labute approximate surface area is 96.3 Å². The zero-order valence-corrected chi connectivity index (χ0v) is 9.96. The molecule has 0 spiro atoms. The van der Waals surface area contributed by atoms with Crippen LogP contribution in [-0.4, -0.2) is 68.0 Å². The van der Waals surface area contributed by atoms with Gasteiger partial charge in [-0.3, -0.25) is 4.90 Å². The van der Waals surface area contributed by atoms with Crippen LogP contribution >= 0.6 is 0 Å². The number of hydrogen-bond acceptors (Lipinski definition) is 5. The third-order valence-corrected chi connectivity index (χ3v) is 3.45. The highest BCUT2D eigenvalue weighted by molar-refractivity contribution is 4.88. The van der Waals surface area contributed by atoms with Crippen LogP contribution in [0.3, 0.4) is 0 Å². The number of aliphatic hydroxyl groups excluding tert-OH is 1. The fourth-order valence-corrected chi connectivity index (χ4v) is 2.45. The van der Waals surface area contributed by atoms with Crippen LogP contribution in [0.1, 0.15) is 13.3 Å². The summed E-state index contributed by atoms with van der Waals surface area (Å²) in [6.45, 7) is 5.14. The standard InChI is InChI=1S/C11H21NO4/c1-8-11(13)9(7-10(14-2)16-8)12-3-5-15-6-4-12/h8-11,13H,3-7H2,1-2H3/t8?,9-,10-,11?/m1/s1. The van der Waals surface area contributed by atoms with Crippen molar-refractivity contribution >= 4 is 0 Å². The van der Waals surface area contributed by atoms with Crippen molar-refractivity contribution in [2.24, 2.45) is 0 Å². The molecule has 2 aliphatic heterocycles. The first-order valence-electron chi connectivity index (χ1n) is 5.90. The second kappa shape index (κ2) is 5.42. The SMILES string of the molecule is CO[C@H]1C[C@@H](N2CCOCC2)C(O)C(C)O1. The number of morpholine rings is 1. The van der Waals surface area contributed by atoms with E-state index in [1.807, 2.05) is 6.92 Å². The molecule has 0 aliphatic carbocycles. The summed E-state index contributed by atoms with van der Waals surface area (Å²) in [6.07, 6.45) is -0.0931. The van der Waals surface area contributed by atoms with Crippen LogP contribution in [-0.2, 0) is 14.2 Å². The quantitative estimate of drug-likeness (QED) is 0.715. The summed E-state index contributed by atoms with van der Waals surface area (Å²) in [7, 11) is 1.64. The topological polar surface area (TPSA) is 51.2 Å². The molecule has 0 radical (unpaired) electrons. The maximum Gasteiger partial charge on any atom is 0.159 e. The van der Waals surface area contributed by atoms with E-state index < -0.39 is 6.10 Å². The third-order valence-electron chi connectivity index (χ3n) is 3.45. The van der Waals surface area contributed by atoms with Crippen molar-refractivity contribution in [1.29, 1.82) is 0 Å². The largest absolute Gasteiger partial charge is 0.389 e. The molecule has 2 saturated heterocycles. The van der Waals surface area contributed by atoms with E-state index in [0.29, 0.717) is 0 Å². The smallest absolute Gasteiger partial charge is 0.159 e. The van der Waals surface area contributed by atoms with Crippen LogP contribution in [0.2, 0.25) is 0 Å². The van der Waals surface area contributed by atoms with Crippen LogP contribution < -0.4 is 0 Å². The number of methoxy groups -OCH3 is 1. The average Bonchev–Trinajstić information content (AvgIpc) is 2.33. The molecule has 2 rings (SSSR count). The summed E-state index contributed by atoms with van der Waals surface area (Å²) in [5.74, 6) is 0. The van der Waals surface area contributed by atoms with Crippen LogP contribution in [0.15, 0.2) is 0 Å². The molecule has 0 bridgehead atoms. The number of rotatable bonds is 2. The van der Waals surface area contributed by atoms with Crippen LogP contribution in [0, 0.1) is 0 Å². The molecule has 2 aliphatic rings. The zero-order chi connectivity index (χ0) is 11.5. The highest BCUT2D eigenvalue weighted by Gasteiger charge is 2.38. The summed E-state index contributed by atoms with van der Waals surface area (Å²) in [4.78, 5) is 2.28. The molecule has 0 aromatic rings. The van der Waals surface area contributed by atoms with Crippen molar-refractivity contribution in [2.75, 3.05) is 33.4 Å². The summed E-state index contributed by atoms with van der Waals surface area (Å²) >= 11 is 0. The molecule has 94 valence electrons. The van der Waals surface area contributed by atoms with Gasteiger partial charge in [-0.15, -0.1) is 0 Å². The first kappa shape index (κ1) is 12.3. The Kier molecular flexibility index (Phi) is 4.16. The van der Waals surface area contributed by atoms with Gasteiger partial charge in [0.1, 0.15) is 0 Å². The van der Waals surface area contributed by atoms with Gasteiger partial charge in [-0.05, 0) is 6.92 Å². The van der Waals surface area contributed by atoms with Gasteiger partial charge in [0.05, 0.1) is 25.4 Å². The molecule has 0 amide bonds. The Bertz CT molecular complexity index is 220. The van der Waals surface area contributed by atoms with Gasteiger partial charge in [0.15, 0.2) is 6.29 Å². The molecule has 0 saturated carbocycles. The predicted molar refractivity (Wildman–Crippen MR) is 58.1 cm³/mol. The molecule has 2 fully saturated rings. The van der Waals surface area contributed by atoms with E-state index in [9.17, 15) is 5.11 Å². The van der Waals surface area contributed by atoms with E-state index >= 15 is 0 Å². The number of ether oxygens (including phenoxy) is 3. The van der Waals surface area contributed by atoms with Gasteiger partial charge in [-0.2, -0.15) is 0 Å². The lowest BCUT2D eigenvalue weighted by Gasteiger charge is -2.44. The second-order valence-electron chi connectivity index (χ2n) is 4.45. The van der Waals surface area contributed by atoms with Crippen molar-refractivity contribution in [2.45, 2.75) is 37.9 Å². The van der Waals surface area contributed by atoms with Gasteiger partial charge in [-0.1, -0.05) is 0 Å². The average molecular weight is 231 g/mol. The summed E-state index contributed by atoms with van der Waals surface area (Å²) in [5, 5.41) is 10.1. The molecule has 5 nitrogen and oxygen atoms in total. The lowest BCUT2D eigenvalue weighted by atomic mass is 9.97. The predicted octanol–water partition coefficient (Wildman–Crippen LogP) is -0.171. The molecule has 1 N–H and O–H groups in total. The van der Waals surface area contributed by atoms with E-state index in [1.165, 1.54) is 0 Å². The van der Waals surface area contributed by atoms with Crippen molar-refractivity contribution in [1.82, 2.24) is 4.90 Å². The third kappa shape index (κ3) is 2.55. The Balaban J connectivity index is 1.99. The molecular formula is C11H21NO4. The summed E-state index contributed by atoms with van der Waals surface area (Å²) in [5.41, 5.74) is 0. The van der Waals surface area contributed by atoms with Gasteiger partial charge >= 0.3 is 0 Å². The molecule has 0 aromatic heterocycles. The van der Waals surface area contributed by atoms with Gasteiger partial charge < -0.3 is 19.3 Å². The summed E-state index contributed by atoms with van der Waals surface area (Å²) in [6, 6.07) is 0.123. The molecule has 0 aromatic carbocycles. The summed E-state index contributed by atoms with van der Waals surface area (Å²) < 4.78 is 16.1. The molecule has 2 unspecified atom stereocenters. The fraction of sp³-hybridized carbons (Fsp3) is 1.00. The number of nitrogens with zero attached hydrogens (tertiary/aromatic N) is 1. The van der Waals surface area contributed by atoms with E-state index in [0.717, 1.165) is 32.7 Å². The molecular weight excluding hydrogens is 210 g/mol. The van der Waals surface area contributed by atoms with Gasteiger partial charge in [0.25, 0.3) is 0 Å². The van der Waals surface area contributed by atoms with Crippen molar-refractivity contribution in [3.63, 3.8) is 0 Å². The number of aliphatic hydroxyl groups is 1. The van der Waals surface area contributed by atoms with Crippen LogP contribution in [0.5, 0.6) is 0 Å². The van der Waals surface area contributed by atoms with Crippen molar-refractivity contribution in [3.05, 3.63) is 0 Å². The second-order valence-corrected chi connectivity index (χ2v) is 4.45. The first-order chi connectivity index (χ1) is 7.72. The maximum absolute atomic E-state index is 10.1. The monoisotopic (exact) mass is 231 g/mol. The highest BCUT2D eigenvalue weighted by Crippen LogP contribution is 2.25. The number of hydrogen-bond donors (Lipinski definition) is 1. The van der Waals surface area contributed by atoms with Gasteiger partial charge in [0, 0.05) is 32.7 Å². The van der Waals surface area contributed by atoms with Crippen molar-refractivity contribution in [3.8, 4) is 0 Å².